The summed E-state index contributed by atoms with van der Waals surface area (Å²) in [6.45, 7) is 0.662. The second kappa shape index (κ2) is 7.61. The van der Waals surface area contributed by atoms with E-state index in [9.17, 15) is 24.9 Å². The van der Waals surface area contributed by atoms with E-state index >= 15 is 0 Å². The minimum Gasteiger partial charge on any atom is -0.478 e. The Morgan fingerprint density at radius 1 is 1.55 bits per heavy atom. The summed E-state index contributed by atoms with van der Waals surface area (Å²) in [5.41, 5.74) is 8.19. The van der Waals surface area contributed by atoms with Gasteiger partial charge in [0, 0.05) is 11.8 Å². The molecule has 0 aliphatic carbocycles. The Kier molecular flexibility index (Phi) is 6.13. The number of azide groups is 1. The van der Waals surface area contributed by atoms with E-state index < -0.39 is 54.6 Å². The summed E-state index contributed by atoms with van der Waals surface area (Å²) in [7, 11) is 0. The van der Waals surface area contributed by atoms with Crippen LogP contribution < -0.4 is 5.32 Å². The van der Waals surface area contributed by atoms with Crippen molar-refractivity contribution in [3.63, 3.8) is 0 Å². The third kappa shape index (κ3) is 4.33. The lowest BCUT2D eigenvalue weighted by molar-refractivity contribution is -0.147. The third-order valence-electron chi connectivity index (χ3n) is 2.95. The molecule has 1 amide bonds. The maximum Gasteiger partial charge on any atom is 0.370 e. The highest BCUT2D eigenvalue weighted by molar-refractivity contribution is 5.84. The number of amides is 1. The summed E-state index contributed by atoms with van der Waals surface area (Å²) in [5.74, 6) is -2.67. The first kappa shape index (κ1) is 17.7. The van der Waals surface area contributed by atoms with Crippen LogP contribution in [0, 0.1) is 0 Å². The Balaban J connectivity index is 3.03. The second-order valence-electron chi connectivity index (χ2n) is 4.61. The van der Waals surface area contributed by atoms with Crippen LogP contribution in [0.25, 0.3) is 10.4 Å². The van der Waals surface area contributed by atoms with Gasteiger partial charge in [-0.1, -0.05) is 5.11 Å². The smallest absolute Gasteiger partial charge is 0.370 e. The lowest BCUT2D eigenvalue weighted by Gasteiger charge is -2.38. The molecule has 5 N–H and O–H groups in total. The predicted molar refractivity (Wildman–Crippen MR) is 70.2 cm³/mol. The van der Waals surface area contributed by atoms with Gasteiger partial charge in [0.2, 0.25) is 11.7 Å². The fraction of sp³-hybridized carbons (Fsp3) is 0.636. The number of carbonyl (C=O) groups is 2. The van der Waals surface area contributed by atoms with Crippen molar-refractivity contribution in [3.8, 4) is 0 Å². The van der Waals surface area contributed by atoms with Gasteiger partial charge in [0.1, 0.15) is 12.2 Å². The van der Waals surface area contributed by atoms with Crippen molar-refractivity contribution in [2.24, 2.45) is 5.11 Å². The molecule has 0 unspecified atom stereocenters. The molecule has 0 spiro atoms. The lowest BCUT2D eigenvalue weighted by Crippen LogP contribution is -2.59. The number of aliphatic carboxylic acids is 1. The SMILES string of the molecule is CC(=O)N[C@H]1[C@H]([C@H](O)[C@H](O)CN=[N+]=[N-])OC(C(=O)O)=C[C@@H]1O. The van der Waals surface area contributed by atoms with Gasteiger partial charge in [-0.05, 0) is 11.6 Å². The molecule has 0 aromatic heterocycles. The van der Waals surface area contributed by atoms with E-state index in [-0.39, 0.29) is 0 Å². The van der Waals surface area contributed by atoms with E-state index in [4.69, 9.17) is 15.4 Å². The molecule has 1 rings (SSSR count). The van der Waals surface area contributed by atoms with Gasteiger partial charge in [0.15, 0.2) is 6.10 Å². The van der Waals surface area contributed by atoms with E-state index in [2.05, 4.69) is 15.3 Å². The lowest BCUT2D eigenvalue weighted by atomic mass is 9.93. The number of nitrogens with one attached hydrogen (secondary N) is 1. The van der Waals surface area contributed by atoms with Crippen LogP contribution in [0.1, 0.15) is 6.92 Å². The number of rotatable bonds is 6. The Labute approximate surface area is 124 Å². The van der Waals surface area contributed by atoms with Gasteiger partial charge in [0.05, 0.1) is 18.7 Å². The Bertz CT molecular complexity index is 517. The number of aliphatic hydroxyl groups excluding tert-OH is 3. The molecule has 5 atom stereocenters. The van der Waals surface area contributed by atoms with Crippen molar-refractivity contribution >= 4 is 11.9 Å². The van der Waals surface area contributed by atoms with Gasteiger partial charge in [-0.25, -0.2) is 4.79 Å². The summed E-state index contributed by atoms with van der Waals surface area (Å²) in [6, 6.07) is -1.18. The summed E-state index contributed by atoms with van der Waals surface area (Å²) in [6.07, 6.45) is -5.31. The van der Waals surface area contributed by atoms with Gasteiger partial charge in [-0.3, -0.25) is 4.79 Å². The third-order valence-corrected chi connectivity index (χ3v) is 2.95. The van der Waals surface area contributed by atoms with Crippen LogP contribution in [0.5, 0.6) is 0 Å². The molecule has 0 saturated heterocycles. The van der Waals surface area contributed by atoms with E-state index in [1.807, 2.05) is 0 Å². The molecule has 0 aromatic rings. The number of carbonyl (C=O) groups excluding carboxylic acids is 1. The van der Waals surface area contributed by atoms with Gasteiger partial charge >= 0.3 is 5.97 Å². The molecule has 11 nitrogen and oxygen atoms in total. The molecule has 1 aliphatic rings. The summed E-state index contributed by atoms with van der Waals surface area (Å²) >= 11 is 0. The highest BCUT2D eigenvalue weighted by Gasteiger charge is 2.42. The number of ether oxygens (including phenoxy) is 1. The van der Waals surface area contributed by atoms with Crippen LogP contribution in [-0.4, -0.2) is 69.3 Å². The van der Waals surface area contributed by atoms with Crippen LogP contribution in [0.15, 0.2) is 16.9 Å². The van der Waals surface area contributed by atoms with Crippen LogP contribution >= 0.6 is 0 Å². The van der Waals surface area contributed by atoms with Crippen molar-refractivity contribution in [1.82, 2.24) is 5.32 Å². The largest absolute Gasteiger partial charge is 0.478 e. The van der Waals surface area contributed by atoms with Crippen LogP contribution in [-0.2, 0) is 14.3 Å². The average Bonchev–Trinajstić information content (AvgIpc) is 2.45. The first-order valence-corrected chi connectivity index (χ1v) is 6.21. The summed E-state index contributed by atoms with van der Waals surface area (Å²) in [4.78, 5) is 24.5. The van der Waals surface area contributed by atoms with Crippen molar-refractivity contribution in [1.29, 1.82) is 0 Å². The monoisotopic (exact) mass is 316 g/mol. The maximum absolute atomic E-state index is 11.2. The maximum atomic E-state index is 11.2. The topological polar surface area (TPSA) is 185 Å². The Morgan fingerprint density at radius 2 is 2.18 bits per heavy atom. The molecule has 122 valence electrons. The van der Waals surface area contributed by atoms with Gasteiger partial charge < -0.3 is 30.5 Å². The number of carboxylic acids is 1. The van der Waals surface area contributed by atoms with Gasteiger partial charge in [-0.2, -0.15) is 0 Å². The fourth-order valence-corrected chi connectivity index (χ4v) is 1.97. The molecule has 1 aliphatic heterocycles. The second-order valence-corrected chi connectivity index (χ2v) is 4.61. The molecule has 0 bridgehead atoms. The number of nitrogens with zero attached hydrogens (tertiary/aromatic N) is 3. The molecule has 11 heteroatoms. The summed E-state index contributed by atoms with van der Waals surface area (Å²) < 4.78 is 5.04. The molecule has 1 heterocycles. The first-order chi connectivity index (χ1) is 10.3. The average molecular weight is 316 g/mol. The number of carboxylic acid groups (broad SMARTS) is 1. The first-order valence-electron chi connectivity index (χ1n) is 6.21. The molecular weight excluding hydrogens is 300 g/mol. The zero-order valence-electron chi connectivity index (χ0n) is 11.5. The predicted octanol–water partition coefficient (Wildman–Crippen LogP) is -1.75. The highest BCUT2D eigenvalue weighted by Crippen LogP contribution is 2.23. The fourth-order valence-electron chi connectivity index (χ4n) is 1.97. The Hall–Kier alpha value is -2.33. The molecule has 0 radical (unpaired) electrons. The minimum atomic E-state index is -1.71. The van der Waals surface area contributed by atoms with Gasteiger partial charge in [-0.15, -0.1) is 0 Å². The van der Waals surface area contributed by atoms with Crippen LogP contribution in [0.4, 0.5) is 0 Å². The zero-order valence-corrected chi connectivity index (χ0v) is 11.5. The molecule has 0 fully saturated rings. The molecule has 22 heavy (non-hydrogen) atoms. The number of hydrogen-bond acceptors (Lipinski definition) is 7. The van der Waals surface area contributed by atoms with Crippen molar-refractivity contribution in [2.45, 2.75) is 37.4 Å². The number of hydrogen-bond donors (Lipinski definition) is 5. The zero-order chi connectivity index (χ0) is 16.9. The van der Waals surface area contributed by atoms with E-state index in [1.54, 1.807) is 0 Å². The number of aliphatic hydroxyl groups is 3. The van der Waals surface area contributed by atoms with Crippen molar-refractivity contribution in [3.05, 3.63) is 22.3 Å². The van der Waals surface area contributed by atoms with Crippen LogP contribution in [0.3, 0.4) is 0 Å². The quantitative estimate of drug-likeness (QED) is 0.218. The normalized spacial score (nSPS) is 26.7. The van der Waals surface area contributed by atoms with E-state index in [1.165, 1.54) is 0 Å². The highest BCUT2D eigenvalue weighted by atomic mass is 16.5. The Morgan fingerprint density at radius 3 is 2.68 bits per heavy atom. The molecular formula is C11H16N4O7. The molecule has 0 aromatic carbocycles. The van der Waals surface area contributed by atoms with E-state index in [0.717, 1.165) is 13.0 Å². The van der Waals surface area contributed by atoms with Crippen molar-refractivity contribution in [2.75, 3.05) is 6.54 Å². The standard InChI is InChI=1S/C11H16N4O7/c1-4(16)14-8-5(17)2-7(11(20)21)22-10(8)9(19)6(18)3-13-15-12/h2,5-6,8-10,17-19H,3H2,1H3,(H,14,16)(H,20,21)/t5-,6+,8+,9+,10+/m0/s1. The van der Waals surface area contributed by atoms with E-state index in [0.29, 0.717) is 0 Å². The van der Waals surface area contributed by atoms with Gasteiger partial charge in [0.25, 0.3) is 0 Å². The summed E-state index contributed by atoms with van der Waals surface area (Å²) in [5, 5.41) is 43.9. The van der Waals surface area contributed by atoms with Crippen molar-refractivity contribution < 1.29 is 34.8 Å². The molecule has 0 saturated carbocycles. The van der Waals surface area contributed by atoms with Crippen LogP contribution in [0.2, 0.25) is 0 Å². The minimum absolute atomic E-state index is 0.494.